The van der Waals surface area contributed by atoms with Gasteiger partial charge in [-0.25, -0.2) is 4.98 Å². The molecule has 114 valence electrons. The van der Waals surface area contributed by atoms with E-state index in [9.17, 15) is 4.79 Å². The molecule has 0 radical (unpaired) electrons. The fraction of sp³-hybridized carbons (Fsp3) is 0.625. The van der Waals surface area contributed by atoms with Crippen LogP contribution in [0.3, 0.4) is 0 Å². The van der Waals surface area contributed by atoms with Crippen LogP contribution in [0.5, 0.6) is 0 Å². The maximum absolute atomic E-state index is 11.8. The van der Waals surface area contributed by atoms with E-state index >= 15 is 0 Å². The Hall–Kier alpha value is -1.62. The molecule has 5 heteroatoms. The first-order chi connectivity index (χ1) is 9.95. The first kappa shape index (κ1) is 14.3. The largest absolute Gasteiger partial charge is 0.365 e. The van der Waals surface area contributed by atoms with Crippen molar-refractivity contribution in [1.29, 1.82) is 0 Å². The number of hydrogen-bond donors (Lipinski definition) is 2. The highest BCUT2D eigenvalue weighted by molar-refractivity contribution is 5.99. The highest BCUT2D eigenvalue weighted by Crippen LogP contribution is 2.32. The van der Waals surface area contributed by atoms with Crippen LogP contribution < -0.4 is 16.0 Å². The third kappa shape index (κ3) is 2.62. The van der Waals surface area contributed by atoms with Crippen LogP contribution in [0.1, 0.15) is 47.3 Å². The van der Waals surface area contributed by atoms with E-state index in [1.807, 2.05) is 27.0 Å². The van der Waals surface area contributed by atoms with Gasteiger partial charge in [-0.2, -0.15) is 0 Å². The summed E-state index contributed by atoms with van der Waals surface area (Å²) in [6, 6.07) is 3.57. The zero-order valence-electron chi connectivity index (χ0n) is 13.0. The molecule has 1 amide bonds. The lowest BCUT2D eigenvalue weighted by molar-refractivity contribution is 0.1000. The van der Waals surface area contributed by atoms with Gasteiger partial charge in [-0.3, -0.25) is 4.79 Å². The average Bonchev–Trinajstić information content (AvgIpc) is 2.75. The normalized spacial score (nSPS) is 27.7. The molecule has 1 aromatic rings. The second kappa shape index (κ2) is 5.30. The van der Waals surface area contributed by atoms with Crippen molar-refractivity contribution >= 4 is 11.7 Å². The van der Waals surface area contributed by atoms with Gasteiger partial charge in [0.05, 0.1) is 5.56 Å². The van der Waals surface area contributed by atoms with Gasteiger partial charge in [0, 0.05) is 30.9 Å². The van der Waals surface area contributed by atoms with Gasteiger partial charge in [0.25, 0.3) is 5.91 Å². The van der Waals surface area contributed by atoms with Crippen LogP contribution in [0, 0.1) is 13.8 Å². The van der Waals surface area contributed by atoms with E-state index in [-0.39, 0.29) is 0 Å². The van der Waals surface area contributed by atoms with Crippen molar-refractivity contribution in [3.8, 4) is 0 Å². The van der Waals surface area contributed by atoms with Gasteiger partial charge in [-0.05, 0) is 51.2 Å². The number of rotatable bonds is 3. The highest BCUT2D eigenvalue weighted by atomic mass is 16.1. The maximum atomic E-state index is 11.8. The maximum Gasteiger partial charge on any atom is 0.252 e. The van der Waals surface area contributed by atoms with Crippen molar-refractivity contribution in [3.05, 3.63) is 22.9 Å². The zero-order chi connectivity index (χ0) is 15.1. The lowest BCUT2D eigenvalue weighted by Gasteiger charge is -2.37. The number of anilines is 1. The summed E-state index contributed by atoms with van der Waals surface area (Å²) < 4.78 is 0. The predicted octanol–water partition coefficient (Wildman–Crippen LogP) is 1.52. The topological polar surface area (TPSA) is 71.2 Å². The van der Waals surface area contributed by atoms with Crippen LogP contribution in [0.4, 0.5) is 5.82 Å². The molecule has 1 aromatic heterocycles. The highest BCUT2D eigenvalue weighted by Gasteiger charge is 2.36. The summed E-state index contributed by atoms with van der Waals surface area (Å²) in [7, 11) is 2.04. The summed E-state index contributed by atoms with van der Waals surface area (Å²) in [6.45, 7) is 3.89. The lowest BCUT2D eigenvalue weighted by Crippen LogP contribution is -2.47. The van der Waals surface area contributed by atoms with Gasteiger partial charge in [0.15, 0.2) is 0 Å². The Morgan fingerprint density at radius 1 is 1.33 bits per heavy atom. The number of nitrogens with one attached hydrogen (secondary N) is 1. The summed E-state index contributed by atoms with van der Waals surface area (Å²) in [6.07, 6.45) is 4.75. The summed E-state index contributed by atoms with van der Waals surface area (Å²) >= 11 is 0. The number of primary amides is 1. The standard InChI is InChI=1S/C16H24N4O/c1-9-6-10(2)18-16(14(9)15(17)21)20(3)13-7-11-4-5-12(8-13)19-11/h6,11-13,19H,4-5,7-8H2,1-3H3,(H2,17,21). The van der Waals surface area contributed by atoms with E-state index in [2.05, 4.69) is 15.2 Å². The molecular formula is C16H24N4O. The number of nitrogens with zero attached hydrogens (tertiary/aromatic N) is 2. The smallest absolute Gasteiger partial charge is 0.252 e. The molecule has 2 aliphatic heterocycles. The molecule has 2 unspecified atom stereocenters. The van der Waals surface area contributed by atoms with Gasteiger partial charge in [0.2, 0.25) is 0 Å². The number of amides is 1. The number of aryl methyl sites for hydroxylation is 2. The zero-order valence-corrected chi connectivity index (χ0v) is 13.0. The second-order valence-electron chi connectivity index (χ2n) is 6.52. The molecule has 0 aromatic carbocycles. The number of hydrogen-bond acceptors (Lipinski definition) is 4. The SMILES string of the molecule is Cc1cc(C)c(C(N)=O)c(N(C)C2CC3CCC(C2)N3)n1. The van der Waals surface area contributed by atoms with Gasteiger partial charge in [-0.15, -0.1) is 0 Å². The third-order valence-corrected chi connectivity index (χ3v) is 4.90. The molecule has 0 saturated carbocycles. The van der Waals surface area contributed by atoms with Crippen molar-refractivity contribution in [2.75, 3.05) is 11.9 Å². The Morgan fingerprint density at radius 2 is 1.95 bits per heavy atom. The molecule has 3 N–H and O–H groups in total. The Labute approximate surface area is 125 Å². The molecule has 2 bridgehead atoms. The van der Waals surface area contributed by atoms with Crippen LogP contribution in [0.2, 0.25) is 0 Å². The fourth-order valence-corrected chi connectivity index (χ4v) is 3.89. The first-order valence-electron chi connectivity index (χ1n) is 7.72. The number of carbonyl (C=O) groups is 1. The fourth-order valence-electron chi connectivity index (χ4n) is 3.89. The number of nitrogens with two attached hydrogens (primary N) is 1. The van der Waals surface area contributed by atoms with E-state index in [4.69, 9.17) is 5.73 Å². The molecule has 0 spiro atoms. The molecule has 2 aliphatic rings. The summed E-state index contributed by atoms with van der Waals surface area (Å²) in [5.41, 5.74) is 7.98. The number of pyridine rings is 1. The second-order valence-corrected chi connectivity index (χ2v) is 6.52. The van der Waals surface area contributed by atoms with Crippen LogP contribution in [-0.2, 0) is 0 Å². The predicted molar refractivity (Wildman–Crippen MR) is 83.6 cm³/mol. The summed E-state index contributed by atoms with van der Waals surface area (Å²) in [4.78, 5) is 18.6. The van der Waals surface area contributed by atoms with Gasteiger partial charge in [0.1, 0.15) is 5.82 Å². The van der Waals surface area contributed by atoms with Crippen molar-refractivity contribution in [3.63, 3.8) is 0 Å². The average molecular weight is 288 g/mol. The monoisotopic (exact) mass is 288 g/mol. The van der Waals surface area contributed by atoms with Crippen molar-refractivity contribution in [2.45, 2.75) is 57.7 Å². The molecule has 2 saturated heterocycles. The van der Waals surface area contributed by atoms with Crippen LogP contribution >= 0.6 is 0 Å². The molecule has 2 atom stereocenters. The van der Waals surface area contributed by atoms with Crippen LogP contribution in [0.25, 0.3) is 0 Å². The van der Waals surface area contributed by atoms with E-state index < -0.39 is 5.91 Å². The molecular weight excluding hydrogens is 264 g/mol. The van der Waals surface area contributed by atoms with Gasteiger partial charge >= 0.3 is 0 Å². The summed E-state index contributed by atoms with van der Waals surface area (Å²) in [5.74, 6) is 0.352. The molecule has 3 heterocycles. The minimum Gasteiger partial charge on any atom is -0.365 e. The first-order valence-corrected chi connectivity index (χ1v) is 7.72. The number of fused-ring (bicyclic) bond motifs is 2. The quantitative estimate of drug-likeness (QED) is 0.884. The summed E-state index contributed by atoms with van der Waals surface area (Å²) in [5, 5.41) is 3.65. The third-order valence-electron chi connectivity index (χ3n) is 4.90. The number of aromatic nitrogens is 1. The van der Waals surface area contributed by atoms with E-state index in [0.717, 1.165) is 29.9 Å². The minimum absolute atomic E-state index is 0.390. The lowest BCUT2D eigenvalue weighted by atomic mass is 9.97. The molecule has 3 rings (SSSR count). The molecule has 21 heavy (non-hydrogen) atoms. The molecule has 5 nitrogen and oxygen atoms in total. The van der Waals surface area contributed by atoms with Gasteiger partial charge < -0.3 is 16.0 Å². The van der Waals surface area contributed by atoms with Crippen molar-refractivity contribution in [2.24, 2.45) is 5.73 Å². The Kier molecular flexibility index (Phi) is 3.61. The van der Waals surface area contributed by atoms with E-state index in [1.165, 1.54) is 12.8 Å². The number of carbonyl (C=O) groups excluding carboxylic acids is 1. The number of piperidine rings is 1. The van der Waals surface area contributed by atoms with Crippen molar-refractivity contribution < 1.29 is 4.79 Å². The molecule has 0 aliphatic carbocycles. The van der Waals surface area contributed by atoms with Crippen LogP contribution in [-0.4, -0.2) is 36.1 Å². The minimum atomic E-state index is -0.390. The van der Waals surface area contributed by atoms with Crippen LogP contribution in [0.15, 0.2) is 6.07 Å². The van der Waals surface area contributed by atoms with E-state index in [0.29, 0.717) is 23.7 Å². The van der Waals surface area contributed by atoms with Crippen molar-refractivity contribution in [1.82, 2.24) is 10.3 Å². The van der Waals surface area contributed by atoms with Gasteiger partial charge in [-0.1, -0.05) is 0 Å². The Balaban J connectivity index is 1.94. The Bertz CT molecular complexity index is 560. The Morgan fingerprint density at radius 3 is 2.52 bits per heavy atom. The molecule has 2 fully saturated rings. The van der Waals surface area contributed by atoms with E-state index in [1.54, 1.807) is 0 Å².